The molecule has 0 saturated carbocycles. The van der Waals surface area contributed by atoms with Gasteiger partial charge in [0.25, 0.3) is 0 Å². The third kappa shape index (κ3) is 2.89. The largest absolute Gasteiger partial charge is 0.495 e. The molecule has 2 heterocycles. The summed E-state index contributed by atoms with van der Waals surface area (Å²) in [5.41, 5.74) is 4.99. The van der Waals surface area contributed by atoms with Gasteiger partial charge < -0.3 is 10.1 Å². The van der Waals surface area contributed by atoms with Crippen molar-refractivity contribution in [3.63, 3.8) is 0 Å². The van der Waals surface area contributed by atoms with Crippen molar-refractivity contribution in [1.29, 1.82) is 0 Å². The summed E-state index contributed by atoms with van der Waals surface area (Å²) in [5.74, 6) is 0.741. The van der Waals surface area contributed by atoms with Crippen molar-refractivity contribution in [3.8, 4) is 5.75 Å². The Morgan fingerprint density at radius 2 is 1.96 bits per heavy atom. The van der Waals surface area contributed by atoms with Gasteiger partial charge in [0.15, 0.2) is 0 Å². The molecule has 26 heavy (non-hydrogen) atoms. The molecular weight excluding hydrogens is 348 g/mol. The fourth-order valence-corrected chi connectivity index (χ4v) is 5.36. The maximum absolute atomic E-state index is 13.0. The average Bonchev–Trinajstić information content (AvgIpc) is 3.05. The van der Waals surface area contributed by atoms with Gasteiger partial charge in [-0.25, -0.2) is 8.42 Å². The van der Waals surface area contributed by atoms with E-state index < -0.39 is 10.0 Å². The zero-order valence-corrected chi connectivity index (χ0v) is 15.7. The van der Waals surface area contributed by atoms with E-state index in [0.29, 0.717) is 6.54 Å². The molecule has 0 spiro atoms. The minimum atomic E-state index is -3.43. The van der Waals surface area contributed by atoms with Crippen molar-refractivity contribution in [2.24, 2.45) is 0 Å². The van der Waals surface area contributed by atoms with Crippen molar-refractivity contribution < 1.29 is 13.2 Å². The average molecular weight is 370 g/mol. The summed E-state index contributed by atoms with van der Waals surface area (Å²) in [6.07, 6.45) is 2.51. The van der Waals surface area contributed by atoms with Gasteiger partial charge in [-0.2, -0.15) is 4.31 Å². The molecule has 2 aliphatic heterocycles. The Morgan fingerprint density at radius 1 is 1.19 bits per heavy atom. The van der Waals surface area contributed by atoms with Crippen molar-refractivity contribution in [2.45, 2.75) is 25.3 Å². The molecular formula is C20H22N2O3S. The molecule has 2 aliphatic rings. The smallest absolute Gasteiger partial charge is 0.220 e. The first-order valence-electron chi connectivity index (χ1n) is 8.67. The second kappa shape index (κ2) is 6.45. The van der Waals surface area contributed by atoms with E-state index in [0.717, 1.165) is 40.1 Å². The predicted molar refractivity (Wildman–Crippen MR) is 104 cm³/mol. The van der Waals surface area contributed by atoms with Gasteiger partial charge in [0.05, 0.1) is 18.6 Å². The van der Waals surface area contributed by atoms with Gasteiger partial charge in [0.1, 0.15) is 11.9 Å². The van der Waals surface area contributed by atoms with Crippen LogP contribution < -0.4 is 10.1 Å². The van der Waals surface area contributed by atoms with Crippen LogP contribution in [0.2, 0.25) is 0 Å². The maximum Gasteiger partial charge on any atom is 0.220 e. The van der Waals surface area contributed by atoms with E-state index in [1.54, 1.807) is 11.4 Å². The molecule has 6 heteroatoms. The summed E-state index contributed by atoms with van der Waals surface area (Å²) in [4.78, 5) is 0. The lowest BCUT2D eigenvalue weighted by Crippen LogP contribution is -2.42. The van der Waals surface area contributed by atoms with Crippen LogP contribution in [-0.2, 0) is 15.8 Å². The first-order valence-corrected chi connectivity index (χ1v) is 10.3. The second-order valence-corrected chi connectivity index (χ2v) is 8.66. The molecule has 136 valence electrons. The molecule has 0 amide bonds. The lowest BCUT2D eigenvalue weighted by Gasteiger charge is -2.31. The first kappa shape index (κ1) is 17.1. The summed E-state index contributed by atoms with van der Waals surface area (Å²) in [6, 6.07) is 13.3. The quantitative estimate of drug-likeness (QED) is 0.896. The van der Waals surface area contributed by atoms with Gasteiger partial charge in [-0.3, -0.25) is 0 Å². The van der Waals surface area contributed by atoms with Crippen LogP contribution in [0, 0.1) is 6.92 Å². The molecule has 2 aromatic rings. The number of hydrogen-bond acceptors (Lipinski definition) is 4. The molecule has 4 rings (SSSR count). The highest BCUT2D eigenvalue weighted by atomic mass is 32.2. The third-order valence-electron chi connectivity index (χ3n) is 5.07. The van der Waals surface area contributed by atoms with E-state index in [2.05, 4.69) is 18.3 Å². The fourth-order valence-electron chi connectivity index (χ4n) is 3.70. The highest BCUT2D eigenvalue weighted by Crippen LogP contribution is 2.41. The SMILES string of the molecule is COc1ccc(C)c2c1NC1C(=C2)CCN1S(=O)(=O)Cc1ccccc1. The summed E-state index contributed by atoms with van der Waals surface area (Å²) >= 11 is 0. The van der Waals surface area contributed by atoms with E-state index in [1.165, 1.54) is 0 Å². The summed E-state index contributed by atoms with van der Waals surface area (Å²) in [6.45, 7) is 2.55. The Kier molecular flexibility index (Phi) is 4.25. The second-order valence-electron chi connectivity index (χ2n) is 6.74. The van der Waals surface area contributed by atoms with Crippen LogP contribution in [0.4, 0.5) is 5.69 Å². The van der Waals surface area contributed by atoms with Crippen LogP contribution >= 0.6 is 0 Å². The third-order valence-corrected chi connectivity index (χ3v) is 6.87. The number of ether oxygens (including phenoxy) is 1. The lowest BCUT2D eigenvalue weighted by atomic mass is 9.97. The molecule has 2 aromatic carbocycles. The molecule has 1 unspecified atom stereocenters. The van der Waals surface area contributed by atoms with Crippen molar-refractivity contribution in [2.75, 3.05) is 19.0 Å². The summed E-state index contributed by atoms with van der Waals surface area (Å²) < 4.78 is 33.1. The number of hydrogen-bond donors (Lipinski definition) is 1. The Morgan fingerprint density at radius 3 is 2.69 bits per heavy atom. The highest BCUT2D eigenvalue weighted by Gasteiger charge is 2.40. The van der Waals surface area contributed by atoms with Crippen molar-refractivity contribution in [1.82, 2.24) is 4.31 Å². The number of aryl methyl sites for hydroxylation is 1. The molecule has 5 nitrogen and oxygen atoms in total. The van der Waals surface area contributed by atoms with Gasteiger partial charge in [-0.1, -0.05) is 36.4 Å². The van der Waals surface area contributed by atoms with Crippen molar-refractivity contribution >= 4 is 21.8 Å². The molecule has 0 radical (unpaired) electrons. The molecule has 0 aliphatic carbocycles. The monoisotopic (exact) mass is 370 g/mol. The van der Waals surface area contributed by atoms with E-state index in [-0.39, 0.29) is 11.9 Å². The van der Waals surface area contributed by atoms with E-state index in [1.807, 2.05) is 42.5 Å². The van der Waals surface area contributed by atoms with Gasteiger partial charge in [-0.15, -0.1) is 0 Å². The molecule has 0 bridgehead atoms. The van der Waals surface area contributed by atoms with Gasteiger partial charge in [0.2, 0.25) is 10.0 Å². The number of rotatable bonds is 4. The highest BCUT2D eigenvalue weighted by molar-refractivity contribution is 7.88. The molecule has 1 fully saturated rings. The number of anilines is 1. The normalized spacial score (nSPS) is 19.3. The first-order chi connectivity index (χ1) is 12.5. The molecule has 1 N–H and O–H groups in total. The van der Waals surface area contributed by atoms with Crippen LogP contribution in [-0.4, -0.2) is 32.5 Å². The number of methoxy groups -OCH3 is 1. The molecule has 1 saturated heterocycles. The standard InChI is InChI=1S/C20H22N2O3S/c1-14-8-9-18(25-2)19-17(14)12-16-10-11-22(20(16)21-19)26(23,24)13-15-6-4-3-5-7-15/h3-9,12,20-21H,10-11,13H2,1-2H3. The molecule has 1 atom stereocenters. The molecule has 0 aromatic heterocycles. The lowest BCUT2D eigenvalue weighted by molar-refractivity contribution is 0.408. The van der Waals surface area contributed by atoms with E-state index in [9.17, 15) is 8.42 Å². The van der Waals surface area contributed by atoms with E-state index >= 15 is 0 Å². The predicted octanol–water partition coefficient (Wildman–Crippen LogP) is 3.37. The van der Waals surface area contributed by atoms with Crippen LogP contribution in [0.5, 0.6) is 5.75 Å². The van der Waals surface area contributed by atoms with Crippen molar-refractivity contribution in [3.05, 3.63) is 64.7 Å². The zero-order chi connectivity index (χ0) is 18.3. The van der Waals surface area contributed by atoms with Crippen LogP contribution in [0.3, 0.4) is 0 Å². The zero-order valence-electron chi connectivity index (χ0n) is 14.9. The number of benzene rings is 2. The van der Waals surface area contributed by atoms with Crippen LogP contribution in [0.1, 0.15) is 23.1 Å². The van der Waals surface area contributed by atoms with Gasteiger partial charge in [0, 0.05) is 12.1 Å². The summed E-state index contributed by atoms with van der Waals surface area (Å²) in [5, 5.41) is 3.41. The number of sulfonamides is 1. The van der Waals surface area contributed by atoms with E-state index in [4.69, 9.17) is 4.74 Å². The van der Waals surface area contributed by atoms with Crippen LogP contribution in [0.25, 0.3) is 6.08 Å². The van der Waals surface area contributed by atoms with Crippen LogP contribution in [0.15, 0.2) is 48.0 Å². The Hall–Kier alpha value is -2.31. The summed E-state index contributed by atoms with van der Waals surface area (Å²) in [7, 11) is -1.80. The fraction of sp³-hybridized carbons (Fsp3) is 0.300. The Bertz CT molecular complexity index is 968. The number of fused-ring (bicyclic) bond motifs is 2. The number of nitrogens with one attached hydrogen (secondary N) is 1. The maximum atomic E-state index is 13.0. The van der Waals surface area contributed by atoms with Gasteiger partial charge in [-0.05, 0) is 42.2 Å². The van der Waals surface area contributed by atoms with Gasteiger partial charge >= 0.3 is 0 Å². The topological polar surface area (TPSA) is 58.6 Å². The Balaban J connectivity index is 1.67. The minimum absolute atomic E-state index is 0.0110. The number of nitrogens with zero attached hydrogens (tertiary/aromatic N) is 1. The Labute approximate surface area is 154 Å². The minimum Gasteiger partial charge on any atom is -0.495 e.